The molecular weight excluding hydrogens is 317 g/mol. The Bertz CT molecular complexity index is 789. The van der Waals surface area contributed by atoms with Crippen LogP contribution >= 0.6 is 11.6 Å². The van der Waals surface area contributed by atoms with Gasteiger partial charge in [0.05, 0.1) is 10.6 Å². The zero-order valence-electron chi connectivity index (χ0n) is 11.3. The van der Waals surface area contributed by atoms with Gasteiger partial charge in [-0.05, 0) is 37.6 Å². The maximum absolute atomic E-state index is 13.7. The van der Waals surface area contributed by atoms with Gasteiger partial charge in [-0.1, -0.05) is 11.6 Å². The minimum atomic E-state index is -4.03. The molecule has 2 aromatic rings. The molecule has 0 saturated carbocycles. The van der Waals surface area contributed by atoms with Crippen molar-refractivity contribution in [2.24, 2.45) is 0 Å². The molecule has 0 bridgehead atoms. The zero-order valence-corrected chi connectivity index (χ0v) is 12.9. The highest BCUT2D eigenvalue weighted by Crippen LogP contribution is 2.28. The van der Waals surface area contributed by atoms with E-state index in [1.165, 1.54) is 19.2 Å². The maximum Gasteiger partial charge on any atom is 0.262 e. The molecule has 0 saturated heterocycles. The third kappa shape index (κ3) is 3.08. The van der Waals surface area contributed by atoms with Crippen molar-refractivity contribution in [3.05, 3.63) is 46.5 Å². The average molecular weight is 330 g/mol. The molecule has 1 aromatic carbocycles. The molecule has 21 heavy (non-hydrogen) atoms. The second kappa shape index (κ2) is 5.50. The number of nitrogens with one attached hydrogen (secondary N) is 1. The minimum Gasteiger partial charge on any atom is -0.399 e. The van der Waals surface area contributed by atoms with Gasteiger partial charge in [-0.25, -0.2) is 17.8 Å². The van der Waals surface area contributed by atoms with Crippen LogP contribution in [0.25, 0.3) is 0 Å². The first-order chi connectivity index (χ1) is 9.72. The van der Waals surface area contributed by atoms with Gasteiger partial charge in [0.2, 0.25) is 0 Å². The second-order valence-corrected chi connectivity index (χ2v) is 6.53. The fourth-order valence-electron chi connectivity index (χ4n) is 1.79. The Morgan fingerprint density at radius 3 is 2.62 bits per heavy atom. The van der Waals surface area contributed by atoms with E-state index < -0.39 is 15.8 Å². The summed E-state index contributed by atoms with van der Waals surface area (Å²) in [6, 6.07) is 3.87. The largest absolute Gasteiger partial charge is 0.399 e. The van der Waals surface area contributed by atoms with Crippen molar-refractivity contribution in [1.29, 1.82) is 0 Å². The predicted molar refractivity (Wildman–Crippen MR) is 80.3 cm³/mol. The van der Waals surface area contributed by atoms with Gasteiger partial charge in [-0.15, -0.1) is 0 Å². The van der Waals surface area contributed by atoms with Crippen molar-refractivity contribution in [2.45, 2.75) is 18.7 Å². The second-order valence-electron chi connectivity index (χ2n) is 4.53. The van der Waals surface area contributed by atoms with Gasteiger partial charge in [-0.3, -0.25) is 4.72 Å². The molecule has 0 atom stereocenters. The Morgan fingerprint density at radius 2 is 2.00 bits per heavy atom. The lowest BCUT2D eigenvalue weighted by atomic mass is 10.2. The molecule has 1 aromatic heterocycles. The number of rotatable bonds is 3. The number of hydrogen-bond donors (Lipinski definition) is 2. The van der Waals surface area contributed by atoms with Crippen molar-refractivity contribution >= 4 is 33.0 Å². The fourth-order valence-corrected chi connectivity index (χ4v) is 3.53. The number of nitrogens with two attached hydrogens (primary N) is 1. The van der Waals surface area contributed by atoms with Crippen molar-refractivity contribution in [1.82, 2.24) is 4.98 Å². The first-order valence-electron chi connectivity index (χ1n) is 5.92. The molecule has 0 spiro atoms. The topological polar surface area (TPSA) is 85.1 Å². The van der Waals surface area contributed by atoms with E-state index in [2.05, 4.69) is 9.71 Å². The Kier molecular flexibility index (Phi) is 4.06. The highest BCUT2D eigenvalue weighted by atomic mass is 35.5. The predicted octanol–water partition coefficient (Wildman–Crippen LogP) is 2.87. The lowest BCUT2D eigenvalue weighted by molar-refractivity contribution is 0.591. The van der Waals surface area contributed by atoms with Gasteiger partial charge < -0.3 is 5.73 Å². The number of nitrogens with zero attached hydrogens (tertiary/aromatic N) is 1. The standard InChI is InChI=1S/C13H13ClFN3O2S/c1-7-3-4-17-13(14)12(7)18-21(19,20)11-6-9(16)5-10(15)8(11)2/h3-6,18H,16H2,1-2H3. The van der Waals surface area contributed by atoms with E-state index in [1.807, 2.05) is 0 Å². The molecule has 8 heteroatoms. The van der Waals surface area contributed by atoms with Crippen molar-refractivity contribution in [3.63, 3.8) is 0 Å². The summed E-state index contributed by atoms with van der Waals surface area (Å²) < 4.78 is 40.8. The van der Waals surface area contributed by atoms with E-state index in [4.69, 9.17) is 17.3 Å². The molecule has 0 unspecified atom stereocenters. The quantitative estimate of drug-likeness (QED) is 0.669. The van der Waals surface area contributed by atoms with Crippen molar-refractivity contribution in [3.8, 4) is 0 Å². The fraction of sp³-hybridized carbons (Fsp3) is 0.154. The molecule has 2 rings (SSSR count). The molecule has 112 valence electrons. The number of anilines is 2. The van der Waals surface area contributed by atoms with Gasteiger partial charge in [0.25, 0.3) is 10.0 Å². The van der Waals surface area contributed by atoms with E-state index >= 15 is 0 Å². The minimum absolute atomic E-state index is 0.0144. The van der Waals surface area contributed by atoms with Crippen LogP contribution in [-0.4, -0.2) is 13.4 Å². The van der Waals surface area contributed by atoms with Crippen LogP contribution in [-0.2, 0) is 10.0 Å². The summed E-state index contributed by atoms with van der Waals surface area (Å²) in [6.45, 7) is 3.04. The Hall–Kier alpha value is -1.86. The number of benzene rings is 1. The van der Waals surface area contributed by atoms with Crippen LogP contribution in [0, 0.1) is 19.7 Å². The van der Waals surface area contributed by atoms with Crippen LogP contribution in [0.3, 0.4) is 0 Å². The summed E-state index contributed by atoms with van der Waals surface area (Å²) in [5, 5.41) is 0.0144. The van der Waals surface area contributed by atoms with Gasteiger partial charge in [0, 0.05) is 17.4 Å². The van der Waals surface area contributed by atoms with E-state index in [0.717, 1.165) is 6.07 Å². The number of aromatic nitrogens is 1. The molecule has 5 nitrogen and oxygen atoms in total. The number of aryl methyl sites for hydroxylation is 1. The Balaban J connectivity index is 2.54. The van der Waals surface area contributed by atoms with Crippen LogP contribution in [0.5, 0.6) is 0 Å². The molecular formula is C13H13ClFN3O2S. The molecule has 0 radical (unpaired) electrons. The van der Waals surface area contributed by atoms with Crippen LogP contribution in [0.15, 0.2) is 29.3 Å². The molecule has 0 aliphatic carbocycles. The summed E-state index contributed by atoms with van der Waals surface area (Å²) in [4.78, 5) is 3.58. The number of sulfonamides is 1. The summed E-state index contributed by atoms with van der Waals surface area (Å²) in [7, 11) is -4.03. The van der Waals surface area contributed by atoms with Crippen molar-refractivity contribution < 1.29 is 12.8 Å². The third-order valence-electron chi connectivity index (χ3n) is 2.96. The van der Waals surface area contributed by atoms with Gasteiger partial charge in [0.1, 0.15) is 5.82 Å². The maximum atomic E-state index is 13.7. The lowest BCUT2D eigenvalue weighted by Gasteiger charge is -2.14. The summed E-state index contributed by atoms with van der Waals surface area (Å²) in [6.07, 6.45) is 1.46. The van der Waals surface area contributed by atoms with Crippen LogP contribution in [0.4, 0.5) is 15.8 Å². The Morgan fingerprint density at radius 1 is 1.33 bits per heavy atom. The summed E-state index contributed by atoms with van der Waals surface area (Å²) in [5.74, 6) is -0.690. The molecule has 0 fully saturated rings. The summed E-state index contributed by atoms with van der Waals surface area (Å²) in [5.41, 5.74) is 6.26. The Labute approximate surface area is 127 Å². The molecule has 1 heterocycles. The number of nitrogen functional groups attached to an aromatic ring is 1. The average Bonchev–Trinajstić information content (AvgIpc) is 2.38. The van der Waals surface area contributed by atoms with Gasteiger partial charge >= 0.3 is 0 Å². The van der Waals surface area contributed by atoms with Gasteiger partial charge in [0.15, 0.2) is 5.15 Å². The van der Waals surface area contributed by atoms with E-state index in [-0.39, 0.29) is 27.0 Å². The van der Waals surface area contributed by atoms with Crippen molar-refractivity contribution in [2.75, 3.05) is 10.5 Å². The van der Waals surface area contributed by atoms with Crippen LogP contribution < -0.4 is 10.5 Å². The third-order valence-corrected chi connectivity index (χ3v) is 4.72. The monoisotopic (exact) mass is 329 g/mol. The van der Waals surface area contributed by atoms with Crippen LogP contribution in [0.1, 0.15) is 11.1 Å². The van der Waals surface area contributed by atoms with E-state index in [1.54, 1.807) is 13.0 Å². The number of halogens is 2. The molecule has 0 aliphatic heterocycles. The summed E-state index contributed by atoms with van der Waals surface area (Å²) >= 11 is 5.89. The van der Waals surface area contributed by atoms with E-state index in [9.17, 15) is 12.8 Å². The smallest absolute Gasteiger partial charge is 0.262 e. The van der Waals surface area contributed by atoms with Gasteiger partial charge in [-0.2, -0.15) is 0 Å². The first-order valence-corrected chi connectivity index (χ1v) is 7.78. The number of pyridine rings is 1. The zero-order chi connectivity index (χ0) is 15.8. The lowest BCUT2D eigenvalue weighted by Crippen LogP contribution is -2.16. The highest BCUT2D eigenvalue weighted by Gasteiger charge is 2.22. The van der Waals surface area contributed by atoms with E-state index in [0.29, 0.717) is 5.56 Å². The molecule has 3 N–H and O–H groups in total. The number of hydrogen-bond acceptors (Lipinski definition) is 4. The SMILES string of the molecule is Cc1ccnc(Cl)c1NS(=O)(=O)c1cc(N)cc(F)c1C. The van der Waals surface area contributed by atoms with Crippen LogP contribution in [0.2, 0.25) is 5.15 Å². The first kappa shape index (κ1) is 15.5. The highest BCUT2D eigenvalue weighted by molar-refractivity contribution is 7.92. The molecule has 0 amide bonds. The normalized spacial score (nSPS) is 11.4. The molecule has 0 aliphatic rings.